The van der Waals surface area contributed by atoms with Gasteiger partial charge in [-0.3, -0.25) is 14.4 Å². The van der Waals surface area contributed by atoms with E-state index in [1.54, 1.807) is 12.1 Å². The predicted molar refractivity (Wildman–Crippen MR) is 69.4 cm³/mol. The van der Waals surface area contributed by atoms with Gasteiger partial charge >= 0.3 is 17.9 Å². The van der Waals surface area contributed by atoms with Crippen LogP contribution in [0.5, 0.6) is 11.5 Å². The molecule has 0 fully saturated rings. The molecule has 0 saturated carbocycles. The fraction of sp³-hybridized carbons (Fsp3) is 0.357. The van der Waals surface area contributed by atoms with E-state index in [-0.39, 0.29) is 24.1 Å². The summed E-state index contributed by atoms with van der Waals surface area (Å²) in [6.45, 7) is 4.06. The van der Waals surface area contributed by atoms with Gasteiger partial charge in [0, 0.05) is 27.2 Å². The molecular formula is C14H16O6. The highest BCUT2D eigenvalue weighted by Gasteiger charge is 2.11. The van der Waals surface area contributed by atoms with Gasteiger partial charge in [-0.1, -0.05) is 6.07 Å². The van der Waals surface area contributed by atoms with Gasteiger partial charge in [0.1, 0.15) is 0 Å². The number of carbonyl (C=O) groups excluding carboxylic acids is 3. The molecule has 0 heterocycles. The Bertz CT molecular complexity index is 520. The van der Waals surface area contributed by atoms with E-state index < -0.39 is 11.9 Å². The van der Waals surface area contributed by atoms with Gasteiger partial charge in [-0.25, -0.2) is 0 Å². The van der Waals surface area contributed by atoms with Crippen molar-refractivity contribution in [2.45, 2.75) is 27.2 Å². The van der Waals surface area contributed by atoms with Gasteiger partial charge in [-0.05, 0) is 17.7 Å². The Kier molecular flexibility index (Phi) is 5.71. The van der Waals surface area contributed by atoms with Crippen LogP contribution in [-0.4, -0.2) is 24.5 Å². The van der Waals surface area contributed by atoms with E-state index in [0.29, 0.717) is 6.42 Å². The first-order valence-corrected chi connectivity index (χ1v) is 6.01. The van der Waals surface area contributed by atoms with Crippen molar-refractivity contribution >= 4 is 17.9 Å². The SMILES string of the molecule is CC(=O)OCCc1ccc(OC(C)=O)c(OC(C)=O)c1. The predicted octanol–water partition coefficient (Wildman–Crippen LogP) is 1.64. The van der Waals surface area contributed by atoms with Crippen LogP contribution in [0.2, 0.25) is 0 Å². The number of hydrogen-bond donors (Lipinski definition) is 0. The second kappa shape index (κ2) is 7.28. The van der Waals surface area contributed by atoms with Crippen LogP contribution < -0.4 is 9.47 Å². The van der Waals surface area contributed by atoms with E-state index in [0.717, 1.165) is 5.56 Å². The van der Waals surface area contributed by atoms with Crippen LogP contribution in [0.4, 0.5) is 0 Å². The van der Waals surface area contributed by atoms with Crippen LogP contribution in [0, 0.1) is 0 Å². The smallest absolute Gasteiger partial charge is 0.308 e. The largest absolute Gasteiger partial charge is 0.466 e. The maximum atomic E-state index is 11.0. The minimum absolute atomic E-state index is 0.160. The molecular weight excluding hydrogens is 264 g/mol. The number of ether oxygens (including phenoxy) is 3. The zero-order valence-corrected chi connectivity index (χ0v) is 11.6. The van der Waals surface area contributed by atoms with E-state index in [1.807, 2.05) is 0 Å². The maximum absolute atomic E-state index is 11.0. The monoisotopic (exact) mass is 280 g/mol. The summed E-state index contributed by atoms with van der Waals surface area (Å²) in [5.41, 5.74) is 0.790. The van der Waals surface area contributed by atoms with Crippen molar-refractivity contribution in [2.24, 2.45) is 0 Å². The Labute approximate surface area is 116 Å². The van der Waals surface area contributed by atoms with E-state index >= 15 is 0 Å². The highest BCUT2D eigenvalue weighted by molar-refractivity contribution is 5.73. The molecule has 0 unspecified atom stereocenters. The van der Waals surface area contributed by atoms with Crippen LogP contribution in [0.25, 0.3) is 0 Å². The number of carbonyl (C=O) groups is 3. The van der Waals surface area contributed by atoms with Crippen molar-refractivity contribution in [2.75, 3.05) is 6.61 Å². The van der Waals surface area contributed by atoms with Gasteiger partial charge in [0.2, 0.25) is 0 Å². The molecule has 0 amide bonds. The molecule has 0 aliphatic rings. The Morgan fingerprint density at radius 2 is 1.50 bits per heavy atom. The summed E-state index contributed by atoms with van der Waals surface area (Å²) in [6, 6.07) is 4.81. The zero-order valence-electron chi connectivity index (χ0n) is 11.6. The molecule has 0 aromatic heterocycles. The molecule has 0 saturated heterocycles. The van der Waals surface area contributed by atoms with Gasteiger partial charge < -0.3 is 14.2 Å². The molecule has 0 spiro atoms. The Balaban J connectivity index is 2.86. The first-order chi connectivity index (χ1) is 9.38. The molecule has 0 radical (unpaired) electrons. The second-order valence-corrected chi connectivity index (χ2v) is 4.06. The van der Waals surface area contributed by atoms with Gasteiger partial charge in [-0.15, -0.1) is 0 Å². The van der Waals surface area contributed by atoms with E-state index in [2.05, 4.69) is 0 Å². The lowest BCUT2D eigenvalue weighted by Gasteiger charge is -2.10. The summed E-state index contributed by atoms with van der Waals surface area (Å²) in [7, 11) is 0. The van der Waals surface area contributed by atoms with E-state index in [1.165, 1.54) is 26.8 Å². The summed E-state index contributed by atoms with van der Waals surface area (Å²) in [4.78, 5) is 32.7. The molecule has 1 rings (SSSR count). The molecule has 0 aliphatic heterocycles. The minimum Gasteiger partial charge on any atom is -0.466 e. The number of benzene rings is 1. The van der Waals surface area contributed by atoms with Crippen molar-refractivity contribution in [3.63, 3.8) is 0 Å². The average molecular weight is 280 g/mol. The quantitative estimate of drug-likeness (QED) is 0.602. The van der Waals surface area contributed by atoms with Crippen LogP contribution in [0.1, 0.15) is 26.3 Å². The average Bonchev–Trinajstić information content (AvgIpc) is 2.30. The highest BCUT2D eigenvalue weighted by Crippen LogP contribution is 2.29. The summed E-state index contributed by atoms with van der Waals surface area (Å²) < 4.78 is 14.8. The van der Waals surface area contributed by atoms with Crippen LogP contribution in [0.15, 0.2) is 18.2 Å². The van der Waals surface area contributed by atoms with Crippen molar-refractivity contribution in [3.05, 3.63) is 23.8 Å². The molecule has 0 N–H and O–H groups in total. The Morgan fingerprint density at radius 3 is 2.05 bits per heavy atom. The molecule has 1 aromatic carbocycles. The Hall–Kier alpha value is -2.37. The lowest BCUT2D eigenvalue weighted by Crippen LogP contribution is -2.08. The van der Waals surface area contributed by atoms with Crippen molar-refractivity contribution < 1.29 is 28.6 Å². The fourth-order valence-corrected chi connectivity index (χ4v) is 1.49. The van der Waals surface area contributed by atoms with E-state index in [9.17, 15) is 14.4 Å². The molecule has 0 aliphatic carbocycles. The highest BCUT2D eigenvalue weighted by atomic mass is 16.6. The maximum Gasteiger partial charge on any atom is 0.308 e. The second-order valence-electron chi connectivity index (χ2n) is 4.06. The van der Waals surface area contributed by atoms with Gasteiger partial charge in [0.05, 0.1) is 6.61 Å². The molecule has 0 bridgehead atoms. The number of rotatable bonds is 5. The topological polar surface area (TPSA) is 78.9 Å². The van der Waals surface area contributed by atoms with Gasteiger partial charge in [0.15, 0.2) is 11.5 Å². The molecule has 20 heavy (non-hydrogen) atoms. The first kappa shape index (κ1) is 15.7. The van der Waals surface area contributed by atoms with Crippen molar-refractivity contribution in [1.29, 1.82) is 0 Å². The summed E-state index contributed by atoms with van der Waals surface area (Å²) >= 11 is 0. The molecule has 6 heteroatoms. The van der Waals surface area contributed by atoms with Gasteiger partial charge in [0.25, 0.3) is 0 Å². The third kappa shape index (κ3) is 5.51. The first-order valence-electron chi connectivity index (χ1n) is 6.01. The third-order valence-corrected chi connectivity index (χ3v) is 2.21. The summed E-state index contributed by atoms with van der Waals surface area (Å²) in [5, 5.41) is 0. The van der Waals surface area contributed by atoms with Gasteiger partial charge in [-0.2, -0.15) is 0 Å². The lowest BCUT2D eigenvalue weighted by molar-refractivity contribution is -0.140. The standard InChI is InChI=1S/C14H16O6/c1-9(15)18-7-6-12-4-5-13(19-10(2)16)14(8-12)20-11(3)17/h4-5,8H,6-7H2,1-3H3. The van der Waals surface area contributed by atoms with E-state index in [4.69, 9.17) is 14.2 Å². The third-order valence-electron chi connectivity index (χ3n) is 2.21. The van der Waals surface area contributed by atoms with Crippen molar-refractivity contribution in [1.82, 2.24) is 0 Å². The molecule has 6 nitrogen and oxygen atoms in total. The van der Waals surface area contributed by atoms with Crippen LogP contribution in [0.3, 0.4) is 0 Å². The molecule has 0 atom stereocenters. The zero-order chi connectivity index (χ0) is 15.1. The van der Waals surface area contributed by atoms with Crippen LogP contribution in [-0.2, 0) is 25.5 Å². The summed E-state index contributed by atoms with van der Waals surface area (Å²) in [5.74, 6) is -1.06. The molecule has 108 valence electrons. The molecule has 1 aromatic rings. The normalized spacial score (nSPS) is 9.75. The van der Waals surface area contributed by atoms with Crippen LogP contribution >= 0.6 is 0 Å². The minimum atomic E-state index is -0.518. The lowest BCUT2D eigenvalue weighted by atomic mass is 10.1. The van der Waals surface area contributed by atoms with Crippen molar-refractivity contribution in [3.8, 4) is 11.5 Å². The fourth-order valence-electron chi connectivity index (χ4n) is 1.49. The number of esters is 3. The summed E-state index contributed by atoms with van der Waals surface area (Å²) in [6.07, 6.45) is 0.466. The Morgan fingerprint density at radius 1 is 0.900 bits per heavy atom. The number of hydrogen-bond acceptors (Lipinski definition) is 6.